The molecular weight excluding hydrogens is 358 g/mol. The third-order valence-electron chi connectivity index (χ3n) is 4.38. The molecule has 6 nitrogen and oxygen atoms in total. The number of rotatable bonds is 9. The molecule has 1 aliphatic heterocycles. The molecule has 2 aromatic carbocycles. The van der Waals surface area contributed by atoms with Crippen molar-refractivity contribution in [1.82, 2.24) is 0 Å². The molecule has 3 rings (SSSR count). The summed E-state index contributed by atoms with van der Waals surface area (Å²) in [5.41, 5.74) is 1.15. The second-order valence-corrected chi connectivity index (χ2v) is 6.45. The first-order valence-electron chi connectivity index (χ1n) is 9.75. The lowest BCUT2D eigenvalue weighted by molar-refractivity contribution is 0.0679. The van der Waals surface area contributed by atoms with Gasteiger partial charge in [0.1, 0.15) is 23.9 Å². The van der Waals surface area contributed by atoms with Gasteiger partial charge in [-0.3, -0.25) is 4.79 Å². The van der Waals surface area contributed by atoms with Crippen LogP contribution in [0, 0.1) is 0 Å². The van der Waals surface area contributed by atoms with Gasteiger partial charge in [-0.1, -0.05) is 0 Å². The van der Waals surface area contributed by atoms with Crippen LogP contribution in [0.15, 0.2) is 42.5 Å². The lowest BCUT2D eigenvalue weighted by Crippen LogP contribution is -2.16. The van der Waals surface area contributed by atoms with Crippen LogP contribution in [-0.4, -0.2) is 38.4 Å². The van der Waals surface area contributed by atoms with E-state index in [0.29, 0.717) is 42.6 Å². The van der Waals surface area contributed by atoms with Crippen LogP contribution in [0.4, 0.5) is 5.69 Å². The van der Waals surface area contributed by atoms with E-state index in [1.807, 2.05) is 38.1 Å². The second kappa shape index (κ2) is 9.99. The highest BCUT2D eigenvalue weighted by Gasteiger charge is 2.16. The predicted molar refractivity (Wildman–Crippen MR) is 108 cm³/mol. The second-order valence-electron chi connectivity index (χ2n) is 6.45. The topological polar surface area (TPSA) is 66.0 Å². The van der Waals surface area contributed by atoms with E-state index in [2.05, 4.69) is 5.32 Å². The third kappa shape index (κ3) is 5.39. The van der Waals surface area contributed by atoms with E-state index in [-0.39, 0.29) is 12.0 Å². The number of carbonyl (C=O) groups excluding carboxylic acids is 1. The zero-order valence-electron chi connectivity index (χ0n) is 16.4. The standard InChI is InChI=1S/C22H27NO5/c1-3-25-18-11-12-20(21(14-18)26-4-2)22(24)23-16-7-9-17(10-8-16)28-15-19-6-5-13-27-19/h7-12,14,19H,3-6,13,15H2,1-2H3,(H,23,24)/t19-/m0/s1. The molecule has 1 fully saturated rings. The van der Waals surface area contributed by atoms with Gasteiger partial charge in [0.2, 0.25) is 0 Å². The SMILES string of the molecule is CCOc1ccc(C(=O)Nc2ccc(OC[C@@H]3CCCO3)cc2)c(OCC)c1. The van der Waals surface area contributed by atoms with Gasteiger partial charge in [-0.25, -0.2) is 0 Å². The van der Waals surface area contributed by atoms with Crippen LogP contribution in [0.5, 0.6) is 17.2 Å². The molecule has 0 radical (unpaired) electrons. The van der Waals surface area contributed by atoms with E-state index < -0.39 is 0 Å². The van der Waals surface area contributed by atoms with Crippen molar-refractivity contribution >= 4 is 11.6 Å². The highest BCUT2D eigenvalue weighted by Crippen LogP contribution is 2.26. The number of hydrogen-bond donors (Lipinski definition) is 1. The molecule has 0 aromatic heterocycles. The Balaban J connectivity index is 1.61. The predicted octanol–water partition coefficient (Wildman–Crippen LogP) is 4.29. The molecule has 0 bridgehead atoms. The maximum atomic E-state index is 12.7. The minimum absolute atomic E-state index is 0.177. The number of hydrogen-bond acceptors (Lipinski definition) is 5. The van der Waals surface area contributed by atoms with Crippen molar-refractivity contribution < 1.29 is 23.7 Å². The van der Waals surface area contributed by atoms with Gasteiger partial charge >= 0.3 is 0 Å². The van der Waals surface area contributed by atoms with Gasteiger partial charge in [0.05, 0.1) is 24.9 Å². The zero-order valence-corrected chi connectivity index (χ0v) is 16.4. The van der Waals surface area contributed by atoms with Crippen molar-refractivity contribution in [1.29, 1.82) is 0 Å². The first-order valence-corrected chi connectivity index (χ1v) is 9.75. The van der Waals surface area contributed by atoms with Gasteiger partial charge < -0.3 is 24.3 Å². The summed E-state index contributed by atoms with van der Waals surface area (Å²) in [6.07, 6.45) is 2.31. The summed E-state index contributed by atoms with van der Waals surface area (Å²) in [5, 5.41) is 2.89. The molecule has 28 heavy (non-hydrogen) atoms. The van der Waals surface area contributed by atoms with Crippen LogP contribution >= 0.6 is 0 Å². The number of nitrogens with one attached hydrogen (secondary N) is 1. The Morgan fingerprint density at radius 3 is 2.46 bits per heavy atom. The van der Waals surface area contributed by atoms with Crippen molar-refractivity contribution in [2.45, 2.75) is 32.8 Å². The fourth-order valence-electron chi connectivity index (χ4n) is 3.02. The first-order chi connectivity index (χ1) is 13.7. The summed E-state index contributed by atoms with van der Waals surface area (Å²) in [6, 6.07) is 12.5. The van der Waals surface area contributed by atoms with E-state index >= 15 is 0 Å². The lowest BCUT2D eigenvalue weighted by atomic mass is 10.1. The molecule has 0 spiro atoms. The van der Waals surface area contributed by atoms with Crippen LogP contribution in [0.3, 0.4) is 0 Å². The van der Waals surface area contributed by atoms with Crippen molar-refractivity contribution in [3.63, 3.8) is 0 Å². The number of ether oxygens (including phenoxy) is 4. The van der Waals surface area contributed by atoms with E-state index in [1.54, 1.807) is 18.2 Å². The molecule has 0 saturated carbocycles. The smallest absolute Gasteiger partial charge is 0.259 e. The van der Waals surface area contributed by atoms with Crippen molar-refractivity contribution in [3.05, 3.63) is 48.0 Å². The number of amides is 1. The van der Waals surface area contributed by atoms with Gasteiger partial charge in [-0.15, -0.1) is 0 Å². The first kappa shape index (κ1) is 20.0. The highest BCUT2D eigenvalue weighted by molar-refractivity contribution is 6.06. The lowest BCUT2D eigenvalue weighted by Gasteiger charge is -2.14. The highest BCUT2D eigenvalue weighted by atomic mass is 16.5. The molecule has 2 aromatic rings. The number of anilines is 1. The van der Waals surface area contributed by atoms with Crippen LogP contribution < -0.4 is 19.5 Å². The summed E-state index contributed by atoms with van der Waals surface area (Å²) in [5.74, 6) is 1.70. The van der Waals surface area contributed by atoms with E-state index in [0.717, 1.165) is 25.2 Å². The van der Waals surface area contributed by atoms with Crippen molar-refractivity contribution in [3.8, 4) is 17.2 Å². The summed E-state index contributed by atoms with van der Waals surface area (Å²) in [4.78, 5) is 12.7. The molecule has 1 saturated heterocycles. The maximum absolute atomic E-state index is 12.7. The Kier molecular flexibility index (Phi) is 7.14. The van der Waals surface area contributed by atoms with E-state index in [1.165, 1.54) is 0 Å². The Labute approximate surface area is 165 Å². The average molecular weight is 385 g/mol. The summed E-state index contributed by atoms with van der Waals surface area (Å²) in [6.45, 7) is 6.17. The summed E-state index contributed by atoms with van der Waals surface area (Å²) < 4.78 is 22.4. The van der Waals surface area contributed by atoms with Crippen LogP contribution in [-0.2, 0) is 4.74 Å². The summed E-state index contributed by atoms with van der Waals surface area (Å²) >= 11 is 0. The Morgan fingerprint density at radius 1 is 1.04 bits per heavy atom. The van der Waals surface area contributed by atoms with Gasteiger partial charge in [-0.2, -0.15) is 0 Å². The number of carbonyl (C=O) groups is 1. The molecule has 1 aliphatic rings. The normalized spacial score (nSPS) is 15.9. The van der Waals surface area contributed by atoms with Crippen LogP contribution in [0.25, 0.3) is 0 Å². The maximum Gasteiger partial charge on any atom is 0.259 e. The monoisotopic (exact) mass is 385 g/mol. The molecule has 1 amide bonds. The zero-order chi connectivity index (χ0) is 19.8. The Hall–Kier alpha value is -2.73. The van der Waals surface area contributed by atoms with Crippen LogP contribution in [0.1, 0.15) is 37.0 Å². The Bertz CT molecular complexity index is 769. The minimum Gasteiger partial charge on any atom is -0.494 e. The number of benzene rings is 2. The molecule has 1 atom stereocenters. The van der Waals surface area contributed by atoms with Crippen LogP contribution in [0.2, 0.25) is 0 Å². The fourth-order valence-corrected chi connectivity index (χ4v) is 3.02. The molecule has 0 aliphatic carbocycles. The summed E-state index contributed by atoms with van der Waals surface area (Å²) in [7, 11) is 0. The van der Waals surface area contributed by atoms with Gasteiger partial charge in [0.15, 0.2) is 0 Å². The largest absolute Gasteiger partial charge is 0.494 e. The minimum atomic E-state index is -0.237. The van der Waals surface area contributed by atoms with Gasteiger partial charge in [-0.05, 0) is 63.1 Å². The van der Waals surface area contributed by atoms with E-state index in [9.17, 15) is 4.79 Å². The molecule has 150 valence electrons. The van der Waals surface area contributed by atoms with Crippen molar-refractivity contribution in [2.75, 3.05) is 31.7 Å². The fraction of sp³-hybridized carbons (Fsp3) is 0.409. The van der Waals surface area contributed by atoms with E-state index in [4.69, 9.17) is 18.9 Å². The average Bonchev–Trinajstić information content (AvgIpc) is 3.22. The molecular formula is C22H27NO5. The van der Waals surface area contributed by atoms with Crippen molar-refractivity contribution in [2.24, 2.45) is 0 Å². The Morgan fingerprint density at radius 2 is 1.79 bits per heavy atom. The van der Waals surface area contributed by atoms with Gasteiger partial charge in [0, 0.05) is 18.4 Å². The molecule has 0 unspecified atom stereocenters. The van der Waals surface area contributed by atoms with Gasteiger partial charge in [0.25, 0.3) is 5.91 Å². The molecule has 1 heterocycles. The molecule has 1 N–H and O–H groups in total. The molecule has 6 heteroatoms. The quantitative estimate of drug-likeness (QED) is 0.697. The third-order valence-corrected chi connectivity index (χ3v) is 4.38.